The van der Waals surface area contributed by atoms with Crippen molar-refractivity contribution in [1.29, 1.82) is 0 Å². The van der Waals surface area contributed by atoms with Crippen molar-refractivity contribution in [2.24, 2.45) is 0 Å². The topological polar surface area (TPSA) is 26.5 Å². The number of benzene rings is 1. The van der Waals surface area contributed by atoms with Gasteiger partial charge in [0, 0.05) is 28.7 Å². The van der Waals surface area contributed by atoms with E-state index in [1.165, 1.54) is 6.07 Å². The van der Waals surface area contributed by atoms with Crippen molar-refractivity contribution in [3.05, 3.63) is 53.0 Å². The molecule has 0 aliphatic heterocycles. The maximum Gasteiger partial charge on any atom is 0.193 e. The van der Waals surface area contributed by atoms with Gasteiger partial charge in [0.25, 0.3) is 0 Å². The van der Waals surface area contributed by atoms with E-state index < -0.39 is 0 Å². The van der Waals surface area contributed by atoms with Gasteiger partial charge in [0.15, 0.2) is 16.5 Å². The second-order valence-corrected chi connectivity index (χ2v) is 5.41. The van der Waals surface area contributed by atoms with E-state index in [1.54, 1.807) is 17.4 Å². The van der Waals surface area contributed by atoms with Crippen LogP contribution in [0.5, 0.6) is 5.75 Å². The fourth-order valence-electron chi connectivity index (χ4n) is 1.81. The third-order valence-electron chi connectivity index (χ3n) is 2.70. The molecular formula is C13H10BrFN2OS. The molecule has 1 aromatic carbocycles. The summed E-state index contributed by atoms with van der Waals surface area (Å²) in [5, 5.41) is 2.52. The molecule has 98 valence electrons. The molecule has 0 saturated heterocycles. The van der Waals surface area contributed by atoms with Crippen molar-refractivity contribution in [3.63, 3.8) is 0 Å². The Bertz CT molecular complexity index is 681. The van der Waals surface area contributed by atoms with Crippen LogP contribution >= 0.6 is 27.3 Å². The van der Waals surface area contributed by atoms with E-state index in [2.05, 4.69) is 20.9 Å². The summed E-state index contributed by atoms with van der Waals surface area (Å²) < 4.78 is 21.2. The van der Waals surface area contributed by atoms with E-state index in [0.29, 0.717) is 5.33 Å². The monoisotopic (exact) mass is 340 g/mol. The number of alkyl halides is 1. The van der Waals surface area contributed by atoms with Crippen molar-refractivity contribution < 1.29 is 9.13 Å². The Labute approximate surface area is 121 Å². The first-order valence-corrected chi connectivity index (χ1v) is 7.65. The number of halogens is 2. The Balaban J connectivity index is 1.80. The van der Waals surface area contributed by atoms with Crippen molar-refractivity contribution in [2.45, 2.75) is 11.9 Å². The smallest absolute Gasteiger partial charge is 0.193 e. The van der Waals surface area contributed by atoms with Gasteiger partial charge in [-0.05, 0) is 6.07 Å². The number of rotatable bonds is 4. The average molecular weight is 341 g/mol. The lowest BCUT2D eigenvalue weighted by molar-refractivity contribution is 0.284. The molecule has 0 fully saturated rings. The van der Waals surface area contributed by atoms with Gasteiger partial charge in [-0.15, -0.1) is 11.3 Å². The molecule has 3 nitrogen and oxygen atoms in total. The summed E-state index contributed by atoms with van der Waals surface area (Å²) in [6, 6.07) is 4.90. The molecule has 2 aromatic heterocycles. The molecule has 6 heteroatoms. The van der Waals surface area contributed by atoms with Crippen molar-refractivity contribution in [2.75, 3.05) is 0 Å². The molecule has 0 unspecified atom stereocenters. The lowest BCUT2D eigenvalue weighted by Gasteiger charge is -2.09. The predicted octanol–water partition coefficient (Wildman–Crippen LogP) is 4.01. The molecule has 0 saturated carbocycles. The summed E-state index contributed by atoms with van der Waals surface area (Å²) in [6.45, 7) is 0.259. The minimum atomic E-state index is -0.349. The molecule has 0 amide bonds. The van der Waals surface area contributed by atoms with Crippen LogP contribution in [0.3, 0.4) is 0 Å². The quantitative estimate of drug-likeness (QED) is 0.671. The Morgan fingerprint density at radius 1 is 1.42 bits per heavy atom. The van der Waals surface area contributed by atoms with Crippen LogP contribution < -0.4 is 4.74 Å². The third-order valence-corrected chi connectivity index (χ3v) is 4.07. The summed E-state index contributed by atoms with van der Waals surface area (Å²) in [7, 11) is 0. The number of thiazole rings is 1. The number of hydrogen-bond acceptors (Lipinski definition) is 3. The molecule has 2 heterocycles. The summed E-state index contributed by atoms with van der Waals surface area (Å²) >= 11 is 4.88. The lowest BCUT2D eigenvalue weighted by atomic mass is 10.2. The minimum Gasteiger partial charge on any atom is -0.484 e. The largest absolute Gasteiger partial charge is 0.484 e. The molecule has 0 aliphatic rings. The van der Waals surface area contributed by atoms with Gasteiger partial charge in [-0.3, -0.25) is 4.40 Å². The van der Waals surface area contributed by atoms with E-state index in [9.17, 15) is 4.39 Å². The number of ether oxygens (including phenoxy) is 1. The summed E-state index contributed by atoms with van der Waals surface area (Å²) in [5.41, 5.74) is 1.58. The SMILES string of the molecule is Fc1cccc(CBr)c1OCc1cn2ccsc2n1. The van der Waals surface area contributed by atoms with Crippen LogP contribution in [-0.4, -0.2) is 9.38 Å². The molecule has 3 aromatic rings. The predicted molar refractivity (Wildman–Crippen MR) is 76.4 cm³/mol. The zero-order valence-electron chi connectivity index (χ0n) is 9.85. The maximum absolute atomic E-state index is 13.7. The number of imidazole rings is 1. The molecule has 0 atom stereocenters. The van der Waals surface area contributed by atoms with Gasteiger partial charge < -0.3 is 4.74 Å². The van der Waals surface area contributed by atoms with Crippen LogP contribution in [-0.2, 0) is 11.9 Å². The van der Waals surface area contributed by atoms with E-state index in [4.69, 9.17) is 4.74 Å². The van der Waals surface area contributed by atoms with Crippen molar-refractivity contribution >= 4 is 32.2 Å². The van der Waals surface area contributed by atoms with Gasteiger partial charge >= 0.3 is 0 Å². The van der Waals surface area contributed by atoms with Gasteiger partial charge in [-0.1, -0.05) is 28.1 Å². The summed E-state index contributed by atoms with van der Waals surface area (Å²) in [5.74, 6) is -0.0614. The molecule has 0 aliphatic carbocycles. The molecular weight excluding hydrogens is 331 g/mol. The number of para-hydroxylation sites is 1. The number of aromatic nitrogens is 2. The zero-order chi connectivity index (χ0) is 13.2. The fraction of sp³-hybridized carbons (Fsp3) is 0.154. The Kier molecular flexibility index (Phi) is 3.52. The highest BCUT2D eigenvalue weighted by molar-refractivity contribution is 9.08. The van der Waals surface area contributed by atoms with Gasteiger partial charge in [0.1, 0.15) is 6.61 Å². The second-order valence-electron chi connectivity index (χ2n) is 3.98. The first-order valence-electron chi connectivity index (χ1n) is 5.65. The summed E-state index contributed by atoms with van der Waals surface area (Å²) in [6.07, 6.45) is 3.82. The van der Waals surface area contributed by atoms with Crippen LogP contribution in [0, 0.1) is 5.82 Å². The van der Waals surface area contributed by atoms with E-state index >= 15 is 0 Å². The normalized spacial score (nSPS) is 11.1. The number of nitrogens with zero attached hydrogens (tertiary/aromatic N) is 2. The Morgan fingerprint density at radius 3 is 3.11 bits per heavy atom. The first kappa shape index (κ1) is 12.6. The average Bonchev–Trinajstić information content (AvgIpc) is 2.97. The van der Waals surface area contributed by atoms with E-state index in [1.807, 2.05) is 28.2 Å². The van der Waals surface area contributed by atoms with Crippen molar-refractivity contribution in [3.8, 4) is 5.75 Å². The Hall–Kier alpha value is -1.40. The molecule has 0 spiro atoms. The van der Waals surface area contributed by atoms with Crippen molar-refractivity contribution in [1.82, 2.24) is 9.38 Å². The molecule has 0 radical (unpaired) electrons. The summed E-state index contributed by atoms with van der Waals surface area (Å²) in [4.78, 5) is 5.31. The highest BCUT2D eigenvalue weighted by Gasteiger charge is 2.10. The van der Waals surface area contributed by atoms with Gasteiger partial charge in [-0.25, -0.2) is 9.37 Å². The van der Waals surface area contributed by atoms with Crippen LogP contribution in [0.4, 0.5) is 4.39 Å². The highest BCUT2D eigenvalue weighted by Crippen LogP contribution is 2.25. The fourth-order valence-corrected chi connectivity index (χ4v) is 2.97. The van der Waals surface area contributed by atoms with Gasteiger partial charge in [0.2, 0.25) is 0 Å². The maximum atomic E-state index is 13.7. The zero-order valence-corrected chi connectivity index (χ0v) is 12.2. The molecule has 19 heavy (non-hydrogen) atoms. The molecule has 0 bridgehead atoms. The molecule has 3 rings (SSSR count). The lowest BCUT2D eigenvalue weighted by Crippen LogP contribution is -2.00. The highest BCUT2D eigenvalue weighted by atomic mass is 79.9. The van der Waals surface area contributed by atoms with Gasteiger partial charge in [-0.2, -0.15) is 0 Å². The van der Waals surface area contributed by atoms with Crippen LogP contribution in [0.25, 0.3) is 4.96 Å². The third kappa shape index (κ3) is 2.50. The second kappa shape index (κ2) is 5.30. The van der Waals surface area contributed by atoms with Gasteiger partial charge in [0.05, 0.1) is 5.69 Å². The van der Waals surface area contributed by atoms with E-state index in [0.717, 1.165) is 16.2 Å². The molecule has 0 N–H and O–H groups in total. The van der Waals surface area contributed by atoms with E-state index in [-0.39, 0.29) is 18.2 Å². The van der Waals surface area contributed by atoms with Crippen LogP contribution in [0.15, 0.2) is 36.0 Å². The standard InChI is InChI=1S/C13H10BrFN2OS/c14-6-9-2-1-3-11(15)12(9)18-8-10-7-17-4-5-19-13(17)16-10/h1-5,7H,6,8H2. The minimum absolute atomic E-state index is 0.259. The number of fused-ring (bicyclic) bond motifs is 1. The number of hydrogen-bond donors (Lipinski definition) is 0. The first-order chi connectivity index (χ1) is 9.28. The van der Waals surface area contributed by atoms with Crippen LogP contribution in [0.1, 0.15) is 11.3 Å². The Morgan fingerprint density at radius 2 is 2.32 bits per heavy atom. The van der Waals surface area contributed by atoms with Crippen LogP contribution in [0.2, 0.25) is 0 Å².